The minimum Gasteiger partial charge on any atom is -0.475 e. The molecule has 3 N–H and O–H groups in total. The van der Waals surface area contributed by atoms with Crippen molar-refractivity contribution in [2.45, 2.75) is 43.8 Å². The Kier molecular flexibility index (Phi) is 11.3. The molecule has 2 aromatic heterocycles. The van der Waals surface area contributed by atoms with Gasteiger partial charge in [0.25, 0.3) is 0 Å². The number of aliphatic carboxylic acids is 1. The van der Waals surface area contributed by atoms with Gasteiger partial charge in [0.05, 0.1) is 16.8 Å². The van der Waals surface area contributed by atoms with Gasteiger partial charge in [-0.3, -0.25) is 0 Å². The van der Waals surface area contributed by atoms with E-state index in [2.05, 4.69) is 25.6 Å². The standard InChI is InChI=1S/C26H29F6N7.C2HF3O2/c1-33-24-36-21-15-18(10-13-38(2)3)39(23-20(26(30,31)32)5-4-12-34-23)14-11-19(21)22(37-24)35-17-8-6-16(7-9-17)25(27,28)29;3-2(4,5)1(6)7/h4-9,12,18H,10-11,13-15H2,1-3H3,(H2,33,35,36,37);(H,6,7). The molecule has 1 atom stereocenters. The minimum absolute atomic E-state index is 0.138. The number of hydrogen-bond donors (Lipinski definition) is 3. The lowest BCUT2D eigenvalue weighted by Crippen LogP contribution is -2.40. The lowest BCUT2D eigenvalue weighted by molar-refractivity contribution is -0.192. The van der Waals surface area contributed by atoms with Crippen LogP contribution in [0.4, 0.5) is 62.8 Å². The van der Waals surface area contributed by atoms with Gasteiger partial charge >= 0.3 is 24.5 Å². The number of nitrogens with zero attached hydrogens (tertiary/aromatic N) is 5. The SMILES string of the molecule is CNc1nc2c(c(Nc3ccc(C(F)(F)F)cc3)n1)CCN(c1ncccc1C(F)(F)F)C(CCN(C)C)C2.O=C(O)C(F)(F)F. The number of rotatable bonds is 7. The van der Waals surface area contributed by atoms with E-state index < -0.39 is 35.6 Å². The van der Waals surface area contributed by atoms with Crippen molar-refractivity contribution in [3.05, 3.63) is 65.0 Å². The molecular formula is C28H30F9N7O2. The number of carboxylic acid groups (broad SMARTS) is 1. The topological polar surface area (TPSA) is 107 Å². The Labute approximate surface area is 257 Å². The fourth-order valence-corrected chi connectivity index (χ4v) is 4.60. The summed E-state index contributed by atoms with van der Waals surface area (Å²) in [7, 11) is 5.42. The van der Waals surface area contributed by atoms with Crippen molar-refractivity contribution < 1.29 is 49.4 Å². The van der Waals surface area contributed by atoms with Crippen molar-refractivity contribution in [3.8, 4) is 0 Å². The molecule has 4 rings (SSSR count). The zero-order chi connectivity index (χ0) is 34.4. The summed E-state index contributed by atoms with van der Waals surface area (Å²) < 4.78 is 113. The number of carboxylic acids is 1. The Hall–Kier alpha value is -4.35. The molecule has 3 heterocycles. The van der Waals surface area contributed by atoms with Gasteiger partial charge in [0.1, 0.15) is 11.6 Å². The number of aromatic nitrogens is 3. The highest BCUT2D eigenvalue weighted by Crippen LogP contribution is 2.38. The van der Waals surface area contributed by atoms with Crippen molar-refractivity contribution in [2.24, 2.45) is 0 Å². The third-order valence-corrected chi connectivity index (χ3v) is 6.78. The van der Waals surface area contributed by atoms with E-state index in [0.717, 1.165) is 18.2 Å². The summed E-state index contributed by atoms with van der Waals surface area (Å²) in [5.74, 6) is -2.22. The quantitative estimate of drug-likeness (QED) is 0.252. The summed E-state index contributed by atoms with van der Waals surface area (Å²) >= 11 is 0. The number of fused-ring (bicyclic) bond motifs is 1. The number of carbonyl (C=O) groups is 1. The van der Waals surface area contributed by atoms with Gasteiger partial charge in [-0.15, -0.1) is 0 Å². The molecule has 0 amide bonds. The summed E-state index contributed by atoms with van der Waals surface area (Å²) in [6, 6.07) is 6.51. The molecule has 3 aromatic rings. The van der Waals surface area contributed by atoms with E-state index in [1.165, 1.54) is 24.4 Å². The third-order valence-electron chi connectivity index (χ3n) is 6.78. The molecule has 0 saturated carbocycles. The summed E-state index contributed by atoms with van der Waals surface area (Å²) in [6.45, 7) is 0.848. The van der Waals surface area contributed by atoms with Crippen molar-refractivity contribution in [1.29, 1.82) is 0 Å². The predicted octanol–water partition coefficient (Wildman–Crippen LogP) is 6.25. The Morgan fingerprint density at radius 3 is 2.15 bits per heavy atom. The average molecular weight is 668 g/mol. The first kappa shape index (κ1) is 36.1. The molecule has 252 valence electrons. The second-order valence-electron chi connectivity index (χ2n) is 10.3. The van der Waals surface area contributed by atoms with Gasteiger partial charge in [0.15, 0.2) is 0 Å². The summed E-state index contributed by atoms with van der Waals surface area (Å²) in [5.41, 5.74) is 0.146. The summed E-state index contributed by atoms with van der Waals surface area (Å²) in [4.78, 5) is 25.8. The van der Waals surface area contributed by atoms with Gasteiger partial charge in [-0.2, -0.15) is 44.5 Å². The third kappa shape index (κ3) is 9.58. The minimum atomic E-state index is -5.08. The summed E-state index contributed by atoms with van der Waals surface area (Å²) in [5, 5.41) is 13.1. The Balaban J connectivity index is 0.000000738. The van der Waals surface area contributed by atoms with Crippen molar-refractivity contribution >= 4 is 29.2 Å². The van der Waals surface area contributed by atoms with Crippen LogP contribution in [0.5, 0.6) is 0 Å². The largest absolute Gasteiger partial charge is 0.490 e. The lowest BCUT2D eigenvalue weighted by atomic mass is 10.0. The molecule has 0 saturated heterocycles. The van der Waals surface area contributed by atoms with E-state index in [0.29, 0.717) is 48.6 Å². The fraction of sp³-hybridized carbons (Fsp3) is 0.429. The van der Waals surface area contributed by atoms with Crippen LogP contribution in [0.15, 0.2) is 42.6 Å². The average Bonchev–Trinajstić information content (AvgIpc) is 3.14. The van der Waals surface area contributed by atoms with E-state index in [1.807, 2.05) is 19.0 Å². The molecule has 46 heavy (non-hydrogen) atoms. The Bertz CT molecular complexity index is 1480. The van der Waals surface area contributed by atoms with Crippen LogP contribution >= 0.6 is 0 Å². The Morgan fingerprint density at radius 2 is 1.63 bits per heavy atom. The number of nitrogens with one attached hydrogen (secondary N) is 2. The Morgan fingerprint density at radius 1 is 1.00 bits per heavy atom. The van der Waals surface area contributed by atoms with Crippen LogP contribution in [0.2, 0.25) is 0 Å². The smallest absolute Gasteiger partial charge is 0.475 e. The van der Waals surface area contributed by atoms with Crippen molar-refractivity contribution in [2.75, 3.05) is 49.8 Å². The number of pyridine rings is 1. The number of anilines is 4. The highest BCUT2D eigenvalue weighted by atomic mass is 19.4. The molecule has 1 aliphatic rings. The number of halogens is 9. The van der Waals surface area contributed by atoms with Crippen molar-refractivity contribution in [3.63, 3.8) is 0 Å². The van der Waals surface area contributed by atoms with Gasteiger partial charge in [0.2, 0.25) is 5.95 Å². The molecular weight excluding hydrogens is 637 g/mol. The van der Waals surface area contributed by atoms with E-state index in [1.54, 1.807) is 11.9 Å². The normalized spacial score (nSPS) is 15.4. The van der Waals surface area contributed by atoms with E-state index >= 15 is 0 Å². The monoisotopic (exact) mass is 667 g/mol. The first-order chi connectivity index (χ1) is 21.3. The van der Waals surface area contributed by atoms with E-state index in [9.17, 15) is 39.5 Å². The second kappa shape index (κ2) is 14.4. The lowest BCUT2D eigenvalue weighted by Gasteiger charge is -2.33. The molecule has 0 fully saturated rings. The van der Waals surface area contributed by atoms with Crippen LogP contribution < -0.4 is 15.5 Å². The molecule has 1 aromatic carbocycles. The molecule has 9 nitrogen and oxygen atoms in total. The van der Waals surface area contributed by atoms with Crippen molar-refractivity contribution in [1.82, 2.24) is 19.9 Å². The van der Waals surface area contributed by atoms with Crippen LogP contribution in [0.25, 0.3) is 0 Å². The molecule has 0 aliphatic carbocycles. The molecule has 0 bridgehead atoms. The van der Waals surface area contributed by atoms with Crippen LogP contribution in [-0.2, 0) is 30.0 Å². The van der Waals surface area contributed by atoms with Crippen LogP contribution in [0.3, 0.4) is 0 Å². The maximum Gasteiger partial charge on any atom is 0.490 e. The first-order valence-corrected chi connectivity index (χ1v) is 13.6. The first-order valence-electron chi connectivity index (χ1n) is 13.6. The van der Waals surface area contributed by atoms with Gasteiger partial charge in [-0.05, 0) is 69.9 Å². The maximum atomic E-state index is 13.9. The molecule has 0 spiro atoms. The zero-order valence-electron chi connectivity index (χ0n) is 24.6. The van der Waals surface area contributed by atoms with Crippen LogP contribution in [0.1, 0.15) is 28.8 Å². The highest BCUT2D eigenvalue weighted by molar-refractivity contribution is 5.73. The van der Waals surface area contributed by atoms with Crippen LogP contribution in [-0.4, -0.2) is 77.4 Å². The molecule has 0 radical (unpaired) electrons. The number of alkyl halides is 9. The van der Waals surface area contributed by atoms with Gasteiger partial charge in [-0.1, -0.05) is 0 Å². The summed E-state index contributed by atoms with van der Waals surface area (Å²) in [6.07, 6.45) is -11.6. The molecule has 18 heteroatoms. The van der Waals surface area contributed by atoms with Gasteiger partial charge < -0.3 is 25.5 Å². The van der Waals surface area contributed by atoms with Gasteiger partial charge in [0, 0.05) is 43.5 Å². The maximum absolute atomic E-state index is 13.9. The number of hydrogen-bond acceptors (Lipinski definition) is 8. The van der Waals surface area contributed by atoms with E-state index in [-0.39, 0.29) is 24.4 Å². The zero-order valence-corrected chi connectivity index (χ0v) is 24.6. The predicted molar refractivity (Wildman–Crippen MR) is 151 cm³/mol. The fourth-order valence-electron chi connectivity index (χ4n) is 4.60. The van der Waals surface area contributed by atoms with Gasteiger partial charge in [-0.25, -0.2) is 14.8 Å². The number of benzene rings is 1. The second-order valence-corrected chi connectivity index (χ2v) is 10.3. The molecule has 1 unspecified atom stereocenters. The van der Waals surface area contributed by atoms with Crippen LogP contribution in [0, 0.1) is 0 Å². The highest BCUT2D eigenvalue weighted by Gasteiger charge is 2.39. The van der Waals surface area contributed by atoms with E-state index in [4.69, 9.17) is 9.90 Å². The molecule has 1 aliphatic heterocycles.